The van der Waals surface area contributed by atoms with Crippen LogP contribution in [-0.2, 0) is 0 Å². The first kappa shape index (κ1) is 12.7. The zero-order valence-electron chi connectivity index (χ0n) is 10.8. The van der Waals surface area contributed by atoms with E-state index in [0.717, 1.165) is 29.2 Å². The number of nitrogens with zero attached hydrogens (tertiary/aromatic N) is 1. The molecule has 0 aliphatic carbocycles. The number of hydrogen-bond acceptors (Lipinski definition) is 5. The van der Waals surface area contributed by atoms with Crippen molar-refractivity contribution < 1.29 is 9.47 Å². The Bertz CT molecular complexity index is 446. The van der Waals surface area contributed by atoms with Crippen LogP contribution < -0.4 is 20.6 Å². The average Bonchev–Trinajstić information content (AvgIpc) is 2.88. The second kappa shape index (κ2) is 5.73. The molecule has 1 aromatic rings. The third-order valence-corrected chi connectivity index (χ3v) is 2.94. The quantitative estimate of drug-likeness (QED) is 0.828. The van der Waals surface area contributed by atoms with Crippen molar-refractivity contribution in [3.63, 3.8) is 0 Å². The number of methoxy groups -OCH3 is 1. The average molecular weight is 249 g/mol. The highest BCUT2D eigenvalue weighted by molar-refractivity contribution is 5.88. The maximum Gasteiger partial charge on any atom is 0.161 e. The number of benzene rings is 1. The topological polar surface area (TPSA) is 68.9 Å². The Balaban J connectivity index is 2.17. The van der Waals surface area contributed by atoms with Gasteiger partial charge in [0.1, 0.15) is 0 Å². The zero-order valence-corrected chi connectivity index (χ0v) is 10.8. The molecule has 0 saturated heterocycles. The number of hydrazone groups is 1. The fraction of sp³-hybridized carbons (Fsp3) is 0.462. The molecule has 1 aliphatic rings. The van der Waals surface area contributed by atoms with E-state index in [9.17, 15) is 0 Å². The molecule has 5 nitrogen and oxygen atoms in total. The van der Waals surface area contributed by atoms with Crippen molar-refractivity contribution >= 4 is 5.71 Å². The van der Waals surface area contributed by atoms with Gasteiger partial charge in [0.2, 0.25) is 0 Å². The van der Waals surface area contributed by atoms with Crippen LogP contribution in [0.4, 0.5) is 0 Å². The van der Waals surface area contributed by atoms with E-state index >= 15 is 0 Å². The standard InChI is InChI=1S/C13H19N3O2/c1-3-18-13-6-9(4-5-12(13)17-2)11-7-10(8-14)15-16-11/h4-6,11,16H,3,7-8,14H2,1-2H3. The molecule has 2 rings (SSSR count). The smallest absolute Gasteiger partial charge is 0.161 e. The van der Waals surface area contributed by atoms with E-state index < -0.39 is 0 Å². The molecule has 3 N–H and O–H groups in total. The van der Waals surface area contributed by atoms with Gasteiger partial charge in [0.05, 0.1) is 25.5 Å². The van der Waals surface area contributed by atoms with Gasteiger partial charge in [-0.15, -0.1) is 0 Å². The van der Waals surface area contributed by atoms with Crippen molar-refractivity contribution in [2.24, 2.45) is 10.8 Å². The minimum absolute atomic E-state index is 0.175. The summed E-state index contributed by atoms with van der Waals surface area (Å²) < 4.78 is 10.8. The Labute approximate surface area is 107 Å². The molecule has 1 atom stereocenters. The Kier molecular flexibility index (Phi) is 4.04. The molecule has 1 unspecified atom stereocenters. The fourth-order valence-corrected chi connectivity index (χ4v) is 2.00. The summed E-state index contributed by atoms with van der Waals surface area (Å²) in [5.74, 6) is 1.51. The van der Waals surface area contributed by atoms with Gasteiger partial charge in [0.25, 0.3) is 0 Å². The van der Waals surface area contributed by atoms with E-state index in [0.29, 0.717) is 13.2 Å². The predicted molar refractivity (Wildman–Crippen MR) is 71.1 cm³/mol. The van der Waals surface area contributed by atoms with Crippen LogP contribution in [0.3, 0.4) is 0 Å². The molecule has 0 bridgehead atoms. The maximum absolute atomic E-state index is 5.58. The minimum atomic E-state index is 0.175. The van der Waals surface area contributed by atoms with Crippen LogP contribution in [0.25, 0.3) is 0 Å². The van der Waals surface area contributed by atoms with Gasteiger partial charge in [0, 0.05) is 13.0 Å². The molecule has 1 heterocycles. The number of ether oxygens (including phenoxy) is 2. The Morgan fingerprint density at radius 3 is 2.89 bits per heavy atom. The van der Waals surface area contributed by atoms with Crippen LogP contribution in [-0.4, -0.2) is 26.0 Å². The summed E-state index contributed by atoms with van der Waals surface area (Å²) >= 11 is 0. The molecule has 1 aromatic carbocycles. The molecule has 0 spiro atoms. The lowest BCUT2D eigenvalue weighted by molar-refractivity contribution is 0.310. The van der Waals surface area contributed by atoms with Crippen molar-refractivity contribution in [1.82, 2.24) is 5.43 Å². The van der Waals surface area contributed by atoms with Crippen LogP contribution in [0.5, 0.6) is 11.5 Å². The summed E-state index contributed by atoms with van der Waals surface area (Å²) in [6, 6.07) is 6.11. The molecule has 0 saturated carbocycles. The lowest BCUT2D eigenvalue weighted by Gasteiger charge is -2.14. The highest BCUT2D eigenvalue weighted by Gasteiger charge is 2.20. The van der Waals surface area contributed by atoms with Crippen molar-refractivity contribution in [3.8, 4) is 11.5 Å². The molecule has 18 heavy (non-hydrogen) atoms. The highest BCUT2D eigenvalue weighted by atomic mass is 16.5. The van der Waals surface area contributed by atoms with E-state index in [1.165, 1.54) is 0 Å². The van der Waals surface area contributed by atoms with Crippen molar-refractivity contribution in [2.75, 3.05) is 20.3 Å². The first-order chi connectivity index (χ1) is 8.78. The SMILES string of the molecule is CCOc1cc(C2CC(CN)=NN2)ccc1OC. The largest absolute Gasteiger partial charge is 0.493 e. The third kappa shape index (κ3) is 2.56. The summed E-state index contributed by atoms with van der Waals surface area (Å²) in [6.07, 6.45) is 0.842. The van der Waals surface area contributed by atoms with Crippen molar-refractivity contribution in [2.45, 2.75) is 19.4 Å². The Hall–Kier alpha value is -1.75. The summed E-state index contributed by atoms with van der Waals surface area (Å²) in [6.45, 7) is 3.07. The van der Waals surface area contributed by atoms with Gasteiger partial charge in [-0.1, -0.05) is 6.07 Å². The molecule has 0 amide bonds. The summed E-state index contributed by atoms with van der Waals surface area (Å²) in [5, 5.41) is 4.20. The van der Waals surface area contributed by atoms with Gasteiger partial charge >= 0.3 is 0 Å². The van der Waals surface area contributed by atoms with Crippen LogP contribution in [0.1, 0.15) is 24.9 Å². The van der Waals surface area contributed by atoms with Gasteiger partial charge in [0.15, 0.2) is 11.5 Å². The predicted octanol–water partition coefficient (Wildman–Crippen LogP) is 1.44. The number of nitrogens with one attached hydrogen (secondary N) is 1. The van der Waals surface area contributed by atoms with E-state index in [-0.39, 0.29) is 6.04 Å². The Morgan fingerprint density at radius 1 is 1.44 bits per heavy atom. The van der Waals surface area contributed by atoms with Crippen LogP contribution in [0.2, 0.25) is 0 Å². The van der Waals surface area contributed by atoms with Crippen LogP contribution >= 0.6 is 0 Å². The van der Waals surface area contributed by atoms with Gasteiger partial charge in [-0.05, 0) is 24.6 Å². The lowest BCUT2D eigenvalue weighted by Crippen LogP contribution is -2.13. The molecule has 5 heteroatoms. The maximum atomic E-state index is 5.58. The second-order valence-corrected chi connectivity index (χ2v) is 4.11. The molecule has 0 radical (unpaired) electrons. The lowest BCUT2D eigenvalue weighted by atomic mass is 10.0. The third-order valence-electron chi connectivity index (χ3n) is 2.94. The highest BCUT2D eigenvalue weighted by Crippen LogP contribution is 2.32. The minimum Gasteiger partial charge on any atom is -0.493 e. The van der Waals surface area contributed by atoms with Crippen molar-refractivity contribution in [1.29, 1.82) is 0 Å². The molecule has 0 aromatic heterocycles. The Morgan fingerprint density at radius 2 is 2.28 bits per heavy atom. The molecule has 0 fully saturated rings. The molecule has 1 aliphatic heterocycles. The van der Waals surface area contributed by atoms with Gasteiger partial charge in [-0.25, -0.2) is 0 Å². The number of nitrogens with two attached hydrogens (primary N) is 1. The van der Waals surface area contributed by atoms with Crippen LogP contribution in [0.15, 0.2) is 23.3 Å². The first-order valence-corrected chi connectivity index (χ1v) is 6.10. The van der Waals surface area contributed by atoms with Gasteiger partial charge < -0.3 is 20.6 Å². The second-order valence-electron chi connectivity index (χ2n) is 4.11. The summed E-state index contributed by atoms with van der Waals surface area (Å²) in [7, 11) is 1.64. The van der Waals surface area contributed by atoms with Crippen molar-refractivity contribution in [3.05, 3.63) is 23.8 Å². The van der Waals surface area contributed by atoms with E-state index in [1.807, 2.05) is 25.1 Å². The van der Waals surface area contributed by atoms with Gasteiger partial charge in [-0.3, -0.25) is 0 Å². The first-order valence-electron chi connectivity index (χ1n) is 6.10. The van der Waals surface area contributed by atoms with Gasteiger partial charge in [-0.2, -0.15) is 5.10 Å². The fourth-order valence-electron chi connectivity index (χ4n) is 2.00. The van der Waals surface area contributed by atoms with E-state index in [1.54, 1.807) is 7.11 Å². The monoisotopic (exact) mass is 249 g/mol. The van der Waals surface area contributed by atoms with E-state index in [4.69, 9.17) is 15.2 Å². The van der Waals surface area contributed by atoms with Crippen LogP contribution in [0, 0.1) is 0 Å². The van der Waals surface area contributed by atoms with E-state index in [2.05, 4.69) is 10.5 Å². The number of rotatable bonds is 5. The molecule has 98 valence electrons. The number of hydrogen-bond donors (Lipinski definition) is 2. The summed E-state index contributed by atoms with van der Waals surface area (Å²) in [4.78, 5) is 0. The zero-order chi connectivity index (χ0) is 13.0. The normalized spacial score (nSPS) is 18.2. The molecular weight excluding hydrogens is 230 g/mol. The summed E-state index contributed by atoms with van der Waals surface area (Å²) in [5.41, 5.74) is 10.8. The molecular formula is C13H19N3O2.